The lowest BCUT2D eigenvalue weighted by molar-refractivity contribution is -0.138. The van der Waals surface area contributed by atoms with E-state index >= 15 is 0 Å². The Hall–Kier alpha value is -2.62. The topological polar surface area (TPSA) is 63.3 Å². The van der Waals surface area contributed by atoms with E-state index < -0.39 is 11.9 Å². The molecule has 0 saturated heterocycles. The number of aliphatic carboxylic acids is 1. The number of carboxylic acids is 1. The maximum atomic E-state index is 11.7. The molecule has 0 fully saturated rings. The summed E-state index contributed by atoms with van der Waals surface area (Å²) in [5.74, 6) is -1.56. The lowest BCUT2D eigenvalue weighted by atomic mass is 9.93. The molecule has 0 bridgehead atoms. The Kier molecular flexibility index (Phi) is 3.44. The maximum Gasteiger partial charge on any atom is 0.312 e. The molecule has 1 N–H and O–H groups in total. The lowest BCUT2D eigenvalue weighted by Gasteiger charge is -2.13. The molecule has 1 unspecified atom stereocenters. The standard InChI is InChI=1S/C17H15NO3/c1-11-2-4-12(5-3-11)10-14(17(19)20)16-13-7-9-21-15(13)6-8-18-16/h2-9,14H,10H2,1H3,(H,19,20). The molecule has 0 radical (unpaired) electrons. The predicted octanol–water partition coefficient (Wildman–Crippen LogP) is 3.55. The molecular weight excluding hydrogens is 266 g/mol. The fraction of sp³-hybridized carbons (Fsp3) is 0.176. The molecule has 0 aliphatic carbocycles. The second-order valence-corrected chi connectivity index (χ2v) is 5.11. The van der Waals surface area contributed by atoms with Crippen LogP contribution >= 0.6 is 0 Å². The van der Waals surface area contributed by atoms with Gasteiger partial charge in [0.05, 0.1) is 12.0 Å². The summed E-state index contributed by atoms with van der Waals surface area (Å²) in [6.07, 6.45) is 3.56. The zero-order chi connectivity index (χ0) is 14.8. The quantitative estimate of drug-likeness (QED) is 0.794. The number of pyridine rings is 1. The van der Waals surface area contributed by atoms with E-state index in [-0.39, 0.29) is 0 Å². The SMILES string of the molecule is Cc1ccc(CC(C(=O)O)c2nccc3occc23)cc1. The van der Waals surface area contributed by atoms with Crippen molar-refractivity contribution in [2.45, 2.75) is 19.3 Å². The summed E-state index contributed by atoms with van der Waals surface area (Å²) in [5.41, 5.74) is 3.35. The van der Waals surface area contributed by atoms with Crippen molar-refractivity contribution in [3.05, 3.63) is 65.7 Å². The highest BCUT2D eigenvalue weighted by Crippen LogP contribution is 2.27. The van der Waals surface area contributed by atoms with Gasteiger partial charge in [0.1, 0.15) is 11.5 Å². The number of fused-ring (bicyclic) bond motifs is 1. The van der Waals surface area contributed by atoms with Crippen molar-refractivity contribution >= 4 is 16.9 Å². The van der Waals surface area contributed by atoms with Crippen molar-refractivity contribution in [1.29, 1.82) is 0 Å². The van der Waals surface area contributed by atoms with E-state index in [1.807, 2.05) is 31.2 Å². The molecular formula is C17H15NO3. The third kappa shape index (κ3) is 2.65. The lowest BCUT2D eigenvalue weighted by Crippen LogP contribution is -2.16. The first-order chi connectivity index (χ1) is 10.1. The number of hydrogen-bond donors (Lipinski definition) is 1. The highest BCUT2D eigenvalue weighted by Gasteiger charge is 2.24. The van der Waals surface area contributed by atoms with E-state index in [1.54, 1.807) is 24.6 Å². The normalized spacial score (nSPS) is 12.4. The van der Waals surface area contributed by atoms with Crippen LogP contribution in [0.3, 0.4) is 0 Å². The highest BCUT2D eigenvalue weighted by atomic mass is 16.4. The fourth-order valence-electron chi connectivity index (χ4n) is 2.45. The second kappa shape index (κ2) is 5.40. The van der Waals surface area contributed by atoms with Crippen molar-refractivity contribution in [1.82, 2.24) is 4.98 Å². The molecule has 3 rings (SSSR count). The average molecular weight is 281 g/mol. The number of aryl methyl sites for hydroxylation is 1. The first kappa shape index (κ1) is 13.4. The molecule has 4 nitrogen and oxygen atoms in total. The van der Waals surface area contributed by atoms with Crippen molar-refractivity contribution in [2.24, 2.45) is 0 Å². The van der Waals surface area contributed by atoms with Crippen molar-refractivity contribution < 1.29 is 14.3 Å². The zero-order valence-electron chi connectivity index (χ0n) is 11.6. The van der Waals surface area contributed by atoms with Gasteiger partial charge in [0.2, 0.25) is 0 Å². The largest absolute Gasteiger partial charge is 0.481 e. The molecule has 21 heavy (non-hydrogen) atoms. The predicted molar refractivity (Wildman–Crippen MR) is 79.3 cm³/mol. The van der Waals surface area contributed by atoms with Gasteiger partial charge in [-0.3, -0.25) is 9.78 Å². The zero-order valence-corrected chi connectivity index (χ0v) is 11.6. The molecule has 0 amide bonds. The van der Waals surface area contributed by atoms with Crippen molar-refractivity contribution in [3.8, 4) is 0 Å². The van der Waals surface area contributed by atoms with E-state index in [1.165, 1.54) is 0 Å². The summed E-state index contributed by atoms with van der Waals surface area (Å²) in [4.78, 5) is 15.9. The van der Waals surface area contributed by atoms with E-state index in [9.17, 15) is 9.90 Å². The minimum absolute atomic E-state index is 0.410. The monoisotopic (exact) mass is 281 g/mol. The summed E-state index contributed by atoms with van der Waals surface area (Å²) < 4.78 is 5.32. The number of carboxylic acid groups (broad SMARTS) is 1. The average Bonchev–Trinajstić information content (AvgIpc) is 2.95. The number of hydrogen-bond acceptors (Lipinski definition) is 3. The molecule has 3 aromatic rings. The molecule has 0 spiro atoms. The molecule has 1 aromatic carbocycles. The minimum Gasteiger partial charge on any atom is -0.481 e. The van der Waals surface area contributed by atoms with Crippen LogP contribution in [0.4, 0.5) is 0 Å². The summed E-state index contributed by atoms with van der Waals surface area (Å²) >= 11 is 0. The third-order valence-corrected chi connectivity index (χ3v) is 3.60. The maximum absolute atomic E-state index is 11.7. The van der Waals surface area contributed by atoms with Crippen LogP contribution in [0.1, 0.15) is 22.7 Å². The molecule has 2 heterocycles. The van der Waals surface area contributed by atoms with Gasteiger partial charge in [0.25, 0.3) is 0 Å². The van der Waals surface area contributed by atoms with Crippen LogP contribution in [-0.2, 0) is 11.2 Å². The molecule has 106 valence electrons. The van der Waals surface area contributed by atoms with Crippen LogP contribution in [-0.4, -0.2) is 16.1 Å². The van der Waals surface area contributed by atoms with Gasteiger partial charge >= 0.3 is 5.97 Å². The fourth-order valence-corrected chi connectivity index (χ4v) is 2.45. The van der Waals surface area contributed by atoms with Gasteiger partial charge in [-0.2, -0.15) is 0 Å². The molecule has 0 aliphatic heterocycles. The molecule has 4 heteroatoms. The first-order valence-corrected chi connectivity index (χ1v) is 6.75. The Morgan fingerprint density at radius 2 is 2.00 bits per heavy atom. The Bertz CT molecular complexity index is 774. The Morgan fingerprint density at radius 3 is 2.71 bits per heavy atom. The van der Waals surface area contributed by atoms with Gasteiger partial charge in [-0.25, -0.2) is 0 Å². The molecule has 2 aromatic heterocycles. The van der Waals surface area contributed by atoms with E-state index in [0.29, 0.717) is 17.7 Å². The molecule has 1 atom stereocenters. The Labute approximate surface area is 122 Å². The number of rotatable bonds is 4. The summed E-state index contributed by atoms with van der Waals surface area (Å²) in [7, 11) is 0. The van der Waals surface area contributed by atoms with Gasteiger partial charge in [0.15, 0.2) is 0 Å². The number of furan rings is 1. The van der Waals surface area contributed by atoms with Crippen LogP contribution in [0, 0.1) is 6.92 Å². The van der Waals surface area contributed by atoms with Gasteiger partial charge in [-0.15, -0.1) is 0 Å². The summed E-state index contributed by atoms with van der Waals surface area (Å²) in [5, 5.41) is 10.3. The number of aromatic nitrogens is 1. The highest BCUT2D eigenvalue weighted by molar-refractivity contribution is 5.86. The van der Waals surface area contributed by atoms with Crippen molar-refractivity contribution in [2.75, 3.05) is 0 Å². The molecule has 0 saturated carbocycles. The third-order valence-electron chi connectivity index (χ3n) is 3.60. The summed E-state index contributed by atoms with van der Waals surface area (Å²) in [6.45, 7) is 2.01. The van der Waals surface area contributed by atoms with Crippen LogP contribution < -0.4 is 0 Å². The van der Waals surface area contributed by atoms with Gasteiger partial charge < -0.3 is 9.52 Å². The Morgan fingerprint density at radius 1 is 1.24 bits per heavy atom. The van der Waals surface area contributed by atoms with E-state index in [2.05, 4.69) is 4.98 Å². The van der Waals surface area contributed by atoms with Crippen LogP contribution in [0.15, 0.2) is 53.3 Å². The number of nitrogens with zero attached hydrogens (tertiary/aromatic N) is 1. The van der Waals surface area contributed by atoms with Crippen LogP contribution in [0.5, 0.6) is 0 Å². The van der Waals surface area contributed by atoms with Gasteiger partial charge in [-0.05, 0) is 31.0 Å². The summed E-state index contributed by atoms with van der Waals surface area (Å²) in [6, 6.07) is 11.4. The second-order valence-electron chi connectivity index (χ2n) is 5.11. The van der Waals surface area contributed by atoms with Crippen LogP contribution in [0.25, 0.3) is 11.0 Å². The Balaban J connectivity index is 2.00. The number of carbonyl (C=O) groups is 1. The van der Waals surface area contributed by atoms with Gasteiger partial charge in [-0.1, -0.05) is 29.8 Å². The van der Waals surface area contributed by atoms with Crippen molar-refractivity contribution in [3.63, 3.8) is 0 Å². The van der Waals surface area contributed by atoms with Gasteiger partial charge in [0, 0.05) is 11.6 Å². The van der Waals surface area contributed by atoms with Crippen LogP contribution in [0.2, 0.25) is 0 Å². The first-order valence-electron chi connectivity index (χ1n) is 6.75. The minimum atomic E-state index is -0.878. The van der Waals surface area contributed by atoms with E-state index in [0.717, 1.165) is 16.5 Å². The van der Waals surface area contributed by atoms with E-state index in [4.69, 9.17) is 4.42 Å². The molecule has 0 aliphatic rings. The smallest absolute Gasteiger partial charge is 0.312 e. The number of benzene rings is 1.